The molecule has 3 aromatic carbocycles. The minimum Gasteiger partial charge on any atom is -0.489 e. The molecule has 0 fully saturated rings. The van der Waals surface area contributed by atoms with Crippen molar-refractivity contribution in [3.05, 3.63) is 99.5 Å². The highest BCUT2D eigenvalue weighted by atomic mass is 79.9. The molecule has 1 atom stereocenters. The third-order valence-corrected chi connectivity index (χ3v) is 5.56. The van der Waals surface area contributed by atoms with Crippen molar-refractivity contribution >= 4 is 21.8 Å². The number of ether oxygens (including phenoxy) is 1. The Labute approximate surface area is 187 Å². The van der Waals surface area contributed by atoms with Gasteiger partial charge in [0.2, 0.25) is 0 Å². The number of nitrogens with one attached hydrogen (secondary N) is 1. The number of halogens is 1. The third kappa shape index (κ3) is 5.96. The number of amides is 1. The molecule has 0 aliphatic rings. The van der Waals surface area contributed by atoms with Gasteiger partial charge in [-0.05, 0) is 65.4 Å². The Morgan fingerprint density at radius 3 is 2.30 bits per heavy atom. The van der Waals surface area contributed by atoms with Gasteiger partial charge in [0, 0.05) is 10.0 Å². The molecule has 0 heterocycles. The van der Waals surface area contributed by atoms with Crippen molar-refractivity contribution in [2.24, 2.45) is 0 Å². The van der Waals surface area contributed by atoms with Crippen molar-refractivity contribution in [3.8, 4) is 5.75 Å². The van der Waals surface area contributed by atoms with E-state index < -0.39 is 0 Å². The second-order valence-electron chi connectivity index (χ2n) is 8.51. The fourth-order valence-electron chi connectivity index (χ4n) is 3.13. The van der Waals surface area contributed by atoms with Gasteiger partial charge in [-0.1, -0.05) is 73.1 Å². The summed E-state index contributed by atoms with van der Waals surface area (Å²) in [6.07, 6.45) is 0. The zero-order valence-corrected chi connectivity index (χ0v) is 19.5. The van der Waals surface area contributed by atoms with Gasteiger partial charge in [0.05, 0.1) is 6.04 Å². The molecule has 156 valence electrons. The van der Waals surface area contributed by atoms with Crippen LogP contribution in [0, 0.1) is 0 Å². The van der Waals surface area contributed by atoms with Gasteiger partial charge in [0.15, 0.2) is 0 Å². The molecule has 0 aliphatic carbocycles. The average Bonchev–Trinajstić information content (AvgIpc) is 2.73. The monoisotopic (exact) mass is 465 g/mol. The quantitative estimate of drug-likeness (QED) is 0.433. The van der Waals surface area contributed by atoms with Gasteiger partial charge in [-0.3, -0.25) is 4.79 Å². The van der Waals surface area contributed by atoms with E-state index in [4.69, 9.17) is 4.74 Å². The molecule has 30 heavy (non-hydrogen) atoms. The van der Waals surface area contributed by atoms with Crippen LogP contribution in [0.3, 0.4) is 0 Å². The summed E-state index contributed by atoms with van der Waals surface area (Å²) in [7, 11) is 0. The third-order valence-electron chi connectivity index (χ3n) is 5.03. The molecule has 0 radical (unpaired) electrons. The van der Waals surface area contributed by atoms with Crippen LogP contribution in [0.2, 0.25) is 0 Å². The second kappa shape index (κ2) is 9.48. The van der Waals surface area contributed by atoms with Crippen LogP contribution in [0.15, 0.2) is 77.3 Å². The van der Waals surface area contributed by atoms with Crippen LogP contribution < -0.4 is 10.1 Å². The van der Waals surface area contributed by atoms with E-state index in [1.54, 1.807) is 0 Å². The van der Waals surface area contributed by atoms with Crippen molar-refractivity contribution in [1.82, 2.24) is 5.32 Å². The zero-order valence-electron chi connectivity index (χ0n) is 17.9. The van der Waals surface area contributed by atoms with Gasteiger partial charge >= 0.3 is 0 Å². The van der Waals surface area contributed by atoms with Crippen molar-refractivity contribution in [2.45, 2.75) is 45.8 Å². The number of carbonyl (C=O) groups excluding carboxylic acids is 1. The fraction of sp³-hybridized carbons (Fsp3) is 0.269. The molecule has 1 amide bonds. The van der Waals surface area contributed by atoms with Crippen molar-refractivity contribution in [3.63, 3.8) is 0 Å². The van der Waals surface area contributed by atoms with E-state index in [0.29, 0.717) is 12.2 Å². The first-order valence-corrected chi connectivity index (χ1v) is 10.9. The standard InChI is InChI=1S/C26H28BrNO2/c1-18(20-8-10-22(11-9-20)26(2,3)4)28-25(29)21-7-5-6-19(16-21)17-30-24-14-12-23(27)13-15-24/h5-16,18H,17H2,1-4H3,(H,28,29)/t18-/m0/s1. The molecular formula is C26H28BrNO2. The molecule has 0 saturated heterocycles. The fourth-order valence-corrected chi connectivity index (χ4v) is 3.40. The van der Waals surface area contributed by atoms with E-state index in [1.165, 1.54) is 5.56 Å². The first-order chi connectivity index (χ1) is 14.2. The van der Waals surface area contributed by atoms with E-state index >= 15 is 0 Å². The maximum absolute atomic E-state index is 12.8. The number of hydrogen-bond donors (Lipinski definition) is 1. The first kappa shape index (κ1) is 22.1. The maximum Gasteiger partial charge on any atom is 0.251 e. The number of carbonyl (C=O) groups is 1. The summed E-state index contributed by atoms with van der Waals surface area (Å²) in [5.41, 5.74) is 4.07. The lowest BCUT2D eigenvalue weighted by molar-refractivity contribution is 0.0939. The Bertz CT molecular complexity index is 989. The number of rotatable bonds is 6. The summed E-state index contributed by atoms with van der Waals surface area (Å²) in [6.45, 7) is 9.00. The summed E-state index contributed by atoms with van der Waals surface area (Å²) in [4.78, 5) is 12.8. The zero-order chi connectivity index (χ0) is 21.7. The molecule has 0 aliphatic heterocycles. The summed E-state index contributed by atoms with van der Waals surface area (Å²) < 4.78 is 6.83. The summed E-state index contributed by atoms with van der Waals surface area (Å²) in [5.74, 6) is 0.702. The highest BCUT2D eigenvalue weighted by molar-refractivity contribution is 9.10. The Kier molecular flexibility index (Phi) is 6.99. The Morgan fingerprint density at radius 1 is 1.00 bits per heavy atom. The SMILES string of the molecule is C[C@H](NC(=O)c1cccc(COc2ccc(Br)cc2)c1)c1ccc(C(C)(C)C)cc1. The lowest BCUT2D eigenvalue weighted by Gasteiger charge is -2.21. The largest absolute Gasteiger partial charge is 0.489 e. The normalized spacial score (nSPS) is 12.3. The second-order valence-corrected chi connectivity index (χ2v) is 9.43. The van der Waals surface area contributed by atoms with Crippen LogP contribution in [0.4, 0.5) is 0 Å². The number of benzene rings is 3. The van der Waals surface area contributed by atoms with Crippen LogP contribution in [0.25, 0.3) is 0 Å². The number of hydrogen-bond acceptors (Lipinski definition) is 2. The van der Waals surface area contributed by atoms with Crippen molar-refractivity contribution < 1.29 is 9.53 Å². The average molecular weight is 466 g/mol. The maximum atomic E-state index is 12.8. The van der Waals surface area contributed by atoms with Crippen LogP contribution in [-0.2, 0) is 12.0 Å². The van der Waals surface area contributed by atoms with Gasteiger partial charge in [-0.2, -0.15) is 0 Å². The van der Waals surface area contributed by atoms with Crippen LogP contribution >= 0.6 is 15.9 Å². The van der Waals surface area contributed by atoms with E-state index in [-0.39, 0.29) is 17.4 Å². The Morgan fingerprint density at radius 2 is 1.67 bits per heavy atom. The highest BCUT2D eigenvalue weighted by Crippen LogP contribution is 2.24. The topological polar surface area (TPSA) is 38.3 Å². The smallest absolute Gasteiger partial charge is 0.251 e. The van der Waals surface area contributed by atoms with Crippen LogP contribution in [0.1, 0.15) is 60.8 Å². The molecule has 0 aromatic heterocycles. The van der Waals surface area contributed by atoms with Crippen molar-refractivity contribution in [2.75, 3.05) is 0 Å². The summed E-state index contributed by atoms with van der Waals surface area (Å²) in [5, 5.41) is 3.09. The lowest BCUT2D eigenvalue weighted by atomic mass is 9.86. The van der Waals surface area contributed by atoms with Gasteiger partial charge in [-0.25, -0.2) is 0 Å². The van der Waals surface area contributed by atoms with E-state index in [1.807, 2.05) is 55.5 Å². The van der Waals surface area contributed by atoms with Crippen LogP contribution in [0.5, 0.6) is 5.75 Å². The van der Waals surface area contributed by atoms with Gasteiger partial charge < -0.3 is 10.1 Å². The molecule has 0 bridgehead atoms. The molecular weight excluding hydrogens is 438 g/mol. The Balaban J connectivity index is 1.62. The molecule has 0 spiro atoms. The summed E-state index contributed by atoms with van der Waals surface area (Å²) in [6, 6.07) is 23.6. The van der Waals surface area contributed by atoms with Crippen LogP contribution in [-0.4, -0.2) is 5.91 Å². The molecule has 0 unspecified atom stereocenters. The molecule has 3 aromatic rings. The molecule has 1 N–H and O–H groups in total. The van der Waals surface area contributed by atoms with Gasteiger partial charge in [0.1, 0.15) is 12.4 Å². The first-order valence-electron chi connectivity index (χ1n) is 10.1. The highest BCUT2D eigenvalue weighted by Gasteiger charge is 2.15. The lowest BCUT2D eigenvalue weighted by Crippen LogP contribution is -2.26. The predicted molar refractivity (Wildman–Crippen MR) is 126 cm³/mol. The van der Waals surface area contributed by atoms with E-state index in [2.05, 4.69) is 66.3 Å². The Hall–Kier alpha value is -2.59. The minimum absolute atomic E-state index is 0.0748. The van der Waals surface area contributed by atoms with Gasteiger partial charge in [-0.15, -0.1) is 0 Å². The molecule has 4 heteroatoms. The minimum atomic E-state index is -0.0899. The van der Waals surface area contributed by atoms with E-state index in [0.717, 1.165) is 21.3 Å². The predicted octanol–water partition coefficient (Wildman–Crippen LogP) is 6.82. The molecule has 0 saturated carbocycles. The van der Waals surface area contributed by atoms with Crippen molar-refractivity contribution in [1.29, 1.82) is 0 Å². The molecule has 3 rings (SSSR count). The van der Waals surface area contributed by atoms with Gasteiger partial charge in [0.25, 0.3) is 5.91 Å². The molecule has 3 nitrogen and oxygen atoms in total. The summed E-state index contributed by atoms with van der Waals surface area (Å²) >= 11 is 3.42. The van der Waals surface area contributed by atoms with E-state index in [9.17, 15) is 4.79 Å².